The van der Waals surface area contributed by atoms with Crippen LogP contribution in [0.2, 0.25) is 0 Å². The maximum atomic E-state index is 13.4. The lowest BCUT2D eigenvalue weighted by atomic mass is 10.0. The molecule has 1 heterocycles. The summed E-state index contributed by atoms with van der Waals surface area (Å²) in [6, 6.07) is 4.33. The van der Waals surface area contributed by atoms with E-state index in [4.69, 9.17) is 5.11 Å². The molecule has 0 bridgehead atoms. The van der Waals surface area contributed by atoms with E-state index in [1.165, 1.54) is 12.1 Å². The summed E-state index contributed by atoms with van der Waals surface area (Å²) in [5.74, 6) is -3.34. The zero-order valence-electron chi connectivity index (χ0n) is 8.84. The van der Waals surface area contributed by atoms with Crippen LogP contribution in [0, 0.1) is 24.6 Å². The summed E-state index contributed by atoms with van der Waals surface area (Å²) >= 11 is 0. The predicted molar refractivity (Wildman–Crippen MR) is 55.9 cm³/mol. The minimum atomic E-state index is -1.02. The fourth-order valence-corrected chi connectivity index (χ4v) is 1.57. The summed E-state index contributed by atoms with van der Waals surface area (Å²) in [5.41, 5.74) is 0.685. The number of hydrogen-bond acceptors (Lipinski definition) is 2. The summed E-state index contributed by atoms with van der Waals surface area (Å²) < 4.78 is 39.2. The van der Waals surface area contributed by atoms with Gasteiger partial charge < -0.3 is 5.11 Å². The molecule has 0 aliphatic rings. The summed E-state index contributed by atoms with van der Waals surface area (Å²) in [5, 5.41) is 9.14. The molecule has 2 aromatic rings. The quantitative estimate of drug-likeness (QED) is 0.775. The molecule has 1 aromatic carbocycles. The second kappa shape index (κ2) is 4.08. The normalized spacial score (nSPS) is 10.6. The van der Waals surface area contributed by atoms with Gasteiger partial charge in [0.1, 0.15) is 0 Å². The second-order valence-corrected chi connectivity index (χ2v) is 3.59. The van der Waals surface area contributed by atoms with Gasteiger partial charge in [-0.2, -0.15) is 13.8 Å². The number of aromatic nitrogens is 1. The van der Waals surface area contributed by atoms with Gasteiger partial charge in [0.15, 0.2) is 11.6 Å². The lowest BCUT2D eigenvalue weighted by molar-refractivity contribution is 0.432. The zero-order chi connectivity index (χ0) is 12.6. The van der Waals surface area contributed by atoms with Crippen LogP contribution in [0.3, 0.4) is 0 Å². The minimum absolute atomic E-state index is 0.0113. The van der Waals surface area contributed by atoms with Crippen LogP contribution < -0.4 is 0 Å². The molecule has 0 atom stereocenters. The van der Waals surface area contributed by atoms with Crippen molar-refractivity contribution in [3.8, 4) is 16.9 Å². The van der Waals surface area contributed by atoms with Gasteiger partial charge in [-0.1, -0.05) is 0 Å². The highest BCUT2D eigenvalue weighted by Gasteiger charge is 2.13. The van der Waals surface area contributed by atoms with Gasteiger partial charge in [-0.05, 0) is 42.3 Å². The Bertz CT molecular complexity index is 584. The maximum absolute atomic E-state index is 13.4. The van der Waals surface area contributed by atoms with Crippen LogP contribution in [0.15, 0.2) is 24.3 Å². The Labute approximate surface area is 95.4 Å². The Morgan fingerprint density at radius 1 is 1.06 bits per heavy atom. The highest BCUT2D eigenvalue weighted by Crippen LogP contribution is 2.30. The molecule has 1 N–H and O–H groups in total. The highest BCUT2D eigenvalue weighted by molar-refractivity contribution is 5.68. The number of halogens is 3. The number of benzene rings is 1. The van der Waals surface area contributed by atoms with Gasteiger partial charge >= 0.3 is 0 Å². The van der Waals surface area contributed by atoms with E-state index in [1.54, 1.807) is 6.92 Å². The van der Waals surface area contributed by atoms with Crippen molar-refractivity contribution in [1.29, 1.82) is 0 Å². The molecule has 17 heavy (non-hydrogen) atoms. The van der Waals surface area contributed by atoms with Crippen molar-refractivity contribution in [2.75, 3.05) is 0 Å². The van der Waals surface area contributed by atoms with E-state index < -0.39 is 23.5 Å². The lowest BCUT2D eigenvalue weighted by Gasteiger charge is -2.08. The minimum Gasteiger partial charge on any atom is -0.505 e. The summed E-state index contributed by atoms with van der Waals surface area (Å²) in [6.07, 6.45) is 0. The molecule has 88 valence electrons. The SMILES string of the molecule is Cc1cc(O)c(F)cc1-c1ccc(F)nc1F. The molecule has 2 rings (SSSR count). The van der Waals surface area contributed by atoms with Crippen molar-refractivity contribution in [2.45, 2.75) is 6.92 Å². The molecule has 0 unspecified atom stereocenters. The molecular formula is C12H8F3NO. The standard InChI is InChI=1S/C12H8F3NO/c1-6-4-10(17)9(13)5-8(6)7-2-3-11(14)16-12(7)15/h2-5,17H,1H3. The molecular weight excluding hydrogens is 231 g/mol. The third-order valence-electron chi connectivity index (χ3n) is 2.40. The van der Waals surface area contributed by atoms with Crippen LogP contribution in [0.25, 0.3) is 11.1 Å². The molecule has 1 aromatic heterocycles. The fourth-order valence-electron chi connectivity index (χ4n) is 1.57. The molecule has 0 saturated carbocycles. The molecule has 0 aliphatic carbocycles. The van der Waals surface area contributed by atoms with Crippen LogP contribution >= 0.6 is 0 Å². The Morgan fingerprint density at radius 3 is 2.41 bits per heavy atom. The molecule has 0 fully saturated rings. The summed E-state index contributed by atoms with van der Waals surface area (Å²) in [6.45, 7) is 1.58. The molecule has 0 aliphatic heterocycles. The van der Waals surface area contributed by atoms with Crippen molar-refractivity contribution < 1.29 is 18.3 Å². The van der Waals surface area contributed by atoms with Crippen LogP contribution in [0.4, 0.5) is 13.2 Å². The van der Waals surface area contributed by atoms with Crippen molar-refractivity contribution in [3.05, 3.63) is 47.5 Å². The topological polar surface area (TPSA) is 33.1 Å². The van der Waals surface area contributed by atoms with E-state index in [2.05, 4.69) is 4.98 Å². The predicted octanol–water partition coefficient (Wildman–Crippen LogP) is 3.18. The van der Waals surface area contributed by atoms with Crippen molar-refractivity contribution >= 4 is 0 Å². The number of aromatic hydroxyl groups is 1. The number of rotatable bonds is 1. The van der Waals surface area contributed by atoms with Gasteiger partial charge in [0.25, 0.3) is 0 Å². The number of nitrogens with zero attached hydrogens (tertiary/aromatic N) is 1. The first-order valence-corrected chi connectivity index (χ1v) is 4.80. The molecule has 5 heteroatoms. The highest BCUT2D eigenvalue weighted by atomic mass is 19.1. The van der Waals surface area contributed by atoms with Crippen molar-refractivity contribution in [3.63, 3.8) is 0 Å². The van der Waals surface area contributed by atoms with Crippen LogP contribution in [0.5, 0.6) is 5.75 Å². The third kappa shape index (κ3) is 2.08. The second-order valence-electron chi connectivity index (χ2n) is 3.59. The van der Waals surface area contributed by atoms with Crippen LogP contribution in [-0.4, -0.2) is 10.1 Å². The number of phenols is 1. The van der Waals surface area contributed by atoms with Crippen molar-refractivity contribution in [2.24, 2.45) is 0 Å². The van der Waals surface area contributed by atoms with Crippen LogP contribution in [-0.2, 0) is 0 Å². The van der Waals surface area contributed by atoms with E-state index in [9.17, 15) is 13.2 Å². The third-order valence-corrected chi connectivity index (χ3v) is 2.40. The number of hydrogen-bond donors (Lipinski definition) is 1. The monoisotopic (exact) mass is 239 g/mol. The smallest absolute Gasteiger partial charge is 0.223 e. The van der Waals surface area contributed by atoms with E-state index in [-0.39, 0.29) is 11.1 Å². The number of phenolic OH excluding ortho intramolecular Hbond substituents is 1. The van der Waals surface area contributed by atoms with E-state index >= 15 is 0 Å². The van der Waals surface area contributed by atoms with E-state index in [1.807, 2.05) is 0 Å². The van der Waals surface area contributed by atoms with Gasteiger partial charge in [0, 0.05) is 5.56 Å². The van der Waals surface area contributed by atoms with Gasteiger partial charge in [-0.15, -0.1) is 0 Å². The average molecular weight is 239 g/mol. The number of pyridine rings is 1. The van der Waals surface area contributed by atoms with Gasteiger partial charge in [-0.25, -0.2) is 4.39 Å². The molecule has 2 nitrogen and oxygen atoms in total. The van der Waals surface area contributed by atoms with E-state index in [0.29, 0.717) is 5.56 Å². The first-order valence-electron chi connectivity index (χ1n) is 4.80. The van der Waals surface area contributed by atoms with Gasteiger partial charge in [0.05, 0.1) is 0 Å². The first-order chi connectivity index (χ1) is 7.99. The maximum Gasteiger partial charge on any atom is 0.223 e. The Hall–Kier alpha value is -2.04. The molecule has 0 amide bonds. The average Bonchev–Trinajstić information content (AvgIpc) is 2.24. The Kier molecular flexibility index (Phi) is 2.75. The molecule has 0 spiro atoms. The van der Waals surface area contributed by atoms with Crippen LogP contribution in [0.1, 0.15) is 5.56 Å². The van der Waals surface area contributed by atoms with Gasteiger partial charge in [0.2, 0.25) is 11.9 Å². The summed E-state index contributed by atoms with van der Waals surface area (Å²) in [7, 11) is 0. The zero-order valence-corrected chi connectivity index (χ0v) is 8.84. The lowest BCUT2D eigenvalue weighted by Crippen LogP contribution is -1.94. The fraction of sp³-hybridized carbons (Fsp3) is 0.0833. The largest absolute Gasteiger partial charge is 0.505 e. The Balaban J connectivity index is 2.64. The first kappa shape index (κ1) is 11.4. The van der Waals surface area contributed by atoms with Crippen molar-refractivity contribution in [1.82, 2.24) is 4.98 Å². The molecule has 0 saturated heterocycles. The number of aryl methyl sites for hydroxylation is 1. The summed E-state index contributed by atoms with van der Waals surface area (Å²) in [4.78, 5) is 3.02. The van der Waals surface area contributed by atoms with Gasteiger partial charge in [-0.3, -0.25) is 0 Å². The Morgan fingerprint density at radius 2 is 1.76 bits per heavy atom. The molecule has 0 radical (unpaired) electrons. The van der Waals surface area contributed by atoms with E-state index in [0.717, 1.165) is 12.1 Å².